The summed E-state index contributed by atoms with van der Waals surface area (Å²) in [6.07, 6.45) is 4.57. The van der Waals surface area contributed by atoms with Crippen LogP contribution in [0.3, 0.4) is 0 Å². The van der Waals surface area contributed by atoms with Gasteiger partial charge in [-0.15, -0.1) is 0 Å². The minimum absolute atomic E-state index is 0.0104. The van der Waals surface area contributed by atoms with Gasteiger partial charge in [0.05, 0.1) is 25.4 Å². The third-order valence-corrected chi connectivity index (χ3v) is 5.45. The van der Waals surface area contributed by atoms with Crippen molar-refractivity contribution < 1.29 is 14.3 Å². The monoisotopic (exact) mass is 359 g/mol. The lowest BCUT2D eigenvalue weighted by atomic mass is 10.1. The molecule has 3 rings (SSSR count). The molecule has 26 heavy (non-hydrogen) atoms. The fraction of sp³-hybridized carbons (Fsp3) is 0.600. The molecule has 2 fully saturated rings. The summed E-state index contributed by atoms with van der Waals surface area (Å²) < 4.78 is 5.38. The molecule has 1 atom stereocenters. The molecule has 2 amide bonds. The van der Waals surface area contributed by atoms with E-state index in [4.69, 9.17) is 4.74 Å². The number of nitrogens with zero attached hydrogens (tertiary/aromatic N) is 3. The van der Waals surface area contributed by atoms with Gasteiger partial charge in [0, 0.05) is 26.2 Å². The fourth-order valence-electron chi connectivity index (χ4n) is 3.84. The number of benzene rings is 1. The van der Waals surface area contributed by atoms with Gasteiger partial charge in [-0.05, 0) is 31.9 Å². The van der Waals surface area contributed by atoms with E-state index in [2.05, 4.69) is 0 Å². The van der Waals surface area contributed by atoms with Crippen molar-refractivity contribution >= 4 is 17.5 Å². The largest absolute Gasteiger partial charge is 0.495 e. The van der Waals surface area contributed by atoms with Gasteiger partial charge in [0.1, 0.15) is 5.75 Å². The number of hydrogen-bond donors (Lipinski definition) is 0. The summed E-state index contributed by atoms with van der Waals surface area (Å²) in [5.74, 6) is 0.865. The maximum atomic E-state index is 12.8. The van der Waals surface area contributed by atoms with Crippen molar-refractivity contribution in [2.75, 3.05) is 44.7 Å². The molecule has 0 bridgehead atoms. The van der Waals surface area contributed by atoms with E-state index in [1.54, 1.807) is 12.0 Å². The van der Waals surface area contributed by atoms with Crippen LogP contribution in [0.4, 0.5) is 5.69 Å². The number of rotatable bonds is 4. The zero-order valence-electron chi connectivity index (χ0n) is 15.8. The SMILES string of the molecule is COc1ccccc1N1CCN([C@@H](C)C(=O)N2CCCCCC2)CC1=O. The van der Waals surface area contributed by atoms with Crippen LogP contribution >= 0.6 is 0 Å². The summed E-state index contributed by atoms with van der Waals surface area (Å²) in [5, 5.41) is 0. The Balaban J connectivity index is 1.64. The molecule has 0 aromatic heterocycles. The molecule has 0 aliphatic carbocycles. The Kier molecular flexibility index (Phi) is 6.14. The molecule has 0 saturated carbocycles. The Morgan fingerprint density at radius 1 is 1.04 bits per heavy atom. The van der Waals surface area contributed by atoms with Gasteiger partial charge in [-0.2, -0.15) is 0 Å². The van der Waals surface area contributed by atoms with Crippen molar-refractivity contribution in [3.05, 3.63) is 24.3 Å². The summed E-state index contributed by atoms with van der Waals surface area (Å²) in [6, 6.07) is 7.31. The molecule has 0 N–H and O–H groups in total. The predicted octanol–water partition coefficient (Wildman–Crippen LogP) is 2.13. The number of likely N-dealkylation sites (tertiary alicyclic amines) is 1. The minimum atomic E-state index is -0.253. The van der Waals surface area contributed by atoms with Crippen LogP contribution in [0, 0.1) is 0 Å². The number of methoxy groups -OCH3 is 1. The first kappa shape index (κ1) is 18.7. The van der Waals surface area contributed by atoms with E-state index in [1.165, 1.54) is 12.8 Å². The first-order valence-electron chi connectivity index (χ1n) is 9.58. The van der Waals surface area contributed by atoms with Crippen LogP contribution in [0.25, 0.3) is 0 Å². The molecule has 0 radical (unpaired) electrons. The molecule has 1 aromatic carbocycles. The highest BCUT2D eigenvalue weighted by Crippen LogP contribution is 2.29. The highest BCUT2D eigenvalue weighted by atomic mass is 16.5. The lowest BCUT2D eigenvalue weighted by Gasteiger charge is -2.38. The number of amides is 2. The molecule has 2 aliphatic rings. The molecule has 6 nitrogen and oxygen atoms in total. The van der Waals surface area contributed by atoms with E-state index in [0.29, 0.717) is 18.8 Å². The summed E-state index contributed by atoms with van der Waals surface area (Å²) in [6.45, 7) is 5.13. The minimum Gasteiger partial charge on any atom is -0.495 e. The van der Waals surface area contributed by atoms with Crippen LogP contribution in [0.5, 0.6) is 5.75 Å². The van der Waals surface area contributed by atoms with E-state index in [-0.39, 0.29) is 24.4 Å². The lowest BCUT2D eigenvalue weighted by molar-refractivity contribution is -0.137. The zero-order chi connectivity index (χ0) is 18.5. The summed E-state index contributed by atoms with van der Waals surface area (Å²) in [7, 11) is 1.61. The Morgan fingerprint density at radius 3 is 2.38 bits per heavy atom. The zero-order valence-corrected chi connectivity index (χ0v) is 15.8. The molecular formula is C20H29N3O3. The lowest BCUT2D eigenvalue weighted by Crippen LogP contribution is -2.57. The first-order valence-corrected chi connectivity index (χ1v) is 9.58. The second kappa shape index (κ2) is 8.54. The highest BCUT2D eigenvalue weighted by Gasteiger charge is 2.33. The van der Waals surface area contributed by atoms with Crippen LogP contribution < -0.4 is 9.64 Å². The van der Waals surface area contributed by atoms with Crippen LogP contribution in [0.15, 0.2) is 24.3 Å². The molecular weight excluding hydrogens is 330 g/mol. The number of ether oxygens (including phenoxy) is 1. The maximum Gasteiger partial charge on any atom is 0.241 e. The molecule has 0 spiro atoms. The fourth-order valence-corrected chi connectivity index (χ4v) is 3.84. The van der Waals surface area contributed by atoms with Gasteiger partial charge >= 0.3 is 0 Å². The van der Waals surface area contributed by atoms with Crippen LogP contribution in [-0.4, -0.2) is 67.5 Å². The molecule has 2 aliphatic heterocycles. The quantitative estimate of drug-likeness (QED) is 0.826. The molecule has 6 heteroatoms. The Labute approximate surface area is 155 Å². The van der Waals surface area contributed by atoms with E-state index in [1.807, 2.05) is 41.0 Å². The third-order valence-electron chi connectivity index (χ3n) is 5.45. The van der Waals surface area contributed by atoms with Gasteiger partial charge in [0.25, 0.3) is 0 Å². The summed E-state index contributed by atoms with van der Waals surface area (Å²) in [5.41, 5.74) is 0.797. The Morgan fingerprint density at radius 2 is 1.73 bits per heavy atom. The van der Waals surface area contributed by atoms with Gasteiger partial charge in [0.15, 0.2) is 0 Å². The number of carbonyl (C=O) groups excluding carboxylic acids is 2. The van der Waals surface area contributed by atoms with Crippen molar-refractivity contribution in [3.63, 3.8) is 0 Å². The number of anilines is 1. The van der Waals surface area contributed by atoms with Gasteiger partial charge < -0.3 is 14.5 Å². The standard InChI is InChI=1S/C20H29N3O3/c1-16(20(25)21-11-7-3-4-8-12-21)22-13-14-23(19(24)15-22)17-9-5-6-10-18(17)26-2/h5-6,9-10,16H,3-4,7-8,11-15H2,1-2H3/t16-/m0/s1. The Bertz CT molecular complexity index is 641. The van der Waals surface area contributed by atoms with E-state index in [9.17, 15) is 9.59 Å². The highest BCUT2D eigenvalue weighted by molar-refractivity contribution is 5.97. The van der Waals surface area contributed by atoms with E-state index >= 15 is 0 Å². The number of carbonyl (C=O) groups is 2. The van der Waals surface area contributed by atoms with Crippen LogP contribution in [0.1, 0.15) is 32.6 Å². The van der Waals surface area contributed by atoms with Crippen molar-refractivity contribution in [1.82, 2.24) is 9.80 Å². The van der Waals surface area contributed by atoms with Crippen LogP contribution in [-0.2, 0) is 9.59 Å². The van der Waals surface area contributed by atoms with Gasteiger partial charge in [-0.3, -0.25) is 14.5 Å². The van der Waals surface area contributed by atoms with Crippen molar-refractivity contribution in [2.24, 2.45) is 0 Å². The second-order valence-corrected chi connectivity index (χ2v) is 7.10. The molecule has 0 unspecified atom stereocenters. The average Bonchev–Trinajstić information content (AvgIpc) is 2.96. The van der Waals surface area contributed by atoms with Gasteiger partial charge in [0.2, 0.25) is 11.8 Å². The Hall–Kier alpha value is -2.08. The summed E-state index contributed by atoms with van der Waals surface area (Å²) >= 11 is 0. The number of para-hydroxylation sites is 2. The number of hydrogen-bond acceptors (Lipinski definition) is 4. The van der Waals surface area contributed by atoms with Crippen LogP contribution in [0.2, 0.25) is 0 Å². The smallest absolute Gasteiger partial charge is 0.241 e. The molecule has 2 heterocycles. The van der Waals surface area contributed by atoms with E-state index < -0.39 is 0 Å². The maximum absolute atomic E-state index is 12.8. The van der Waals surface area contributed by atoms with Crippen molar-refractivity contribution in [2.45, 2.75) is 38.6 Å². The van der Waals surface area contributed by atoms with Crippen molar-refractivity contribution in [3.8, 4) is 5.75 Å². The topological polar surface area (TPSA) is 53.1 Å². The van der Waals surface area contributed by atoms with Gasteiger partial charge in [-0.25, -0.2) is 0 Å². The molecule has 142 valence electrons. The molecule has 1 aromatic rings. The second-order valence-electron chi connectivity index (χ2n) is 7.10. The van der Waals surface area contributed by atoms with Crippen molar-refractivity contribution in [1.29, 1.82) is 0 Å². The van der Waals surface area contributed by atoms with Gasteiger partial charge in [-0.1, -0.05) is 25.0 Å². The predicted molar refractivity (Wildman–Crippen MR) is 101 cm³/mol. The number of piperazine rings is 1. The molecule has 2 saturated heterocycles. The average molecular weight is 359 g/mol. The normalized spacial score (nSPS) is 20.6. The first-order chi connectivity index (χ1) is 12.6. The third kappa shape index (κ3) is 4.01. The van der Waals surface area contributed by atoms with E-state index in [0.717, 1.165) is 31.6 Å². The summed E-state index contributed by atoms with van der Waals surface area (Å²) in [4.78, 5) is 31.3.